The van der Waals surface area contributed by atoms with Crippen molar-refractivity contribution in [1.29, 1.82) is 0 Å². The van der Waals surface area contributed by atoms with E-state index in [1.807, 2.05) is 0 Å². The zero-order valence-electron chi connectivity index (χ0n) is 14.7. The molecule has 0 radical (unpaired) electrons. The highest BCUT2D eigenvalue weighted by atomic mass is 16.3. The van der Waals surface area contributed by atoms with Crippen LogP contribution in [0.5, 0.6) is 0 Å². The molecule has 2 atom stereocenters. The summed E-state index contributed by atoms with van der Waals surface area (Å²) in [7, 11) is 0. The summed E-state index contributed by atoms with van der Waals surface area (Å²) >= 11 is 0. The van der Waals surface area contributed by atoms with Crippen molar-refractivity contribution in [2.24, 2.45) is 5.92 Å². The SMILES string of the molecule is O=C1c2ccccc2C(=O)N1CC(O)CCC1CCc2ccccc2C1. The van der Waals surface area contributed by atoms with E-state index in [2.05, 4.69) is 24.3 Å². The van der Waals surface area contributed by atoms with Gasteiger partial charge < -0.3 is 5.11 Å². The van der Waals surface area contributed by atoms with Crippen LogP contribution < -0.4 is 0 Å². The molecule has 0 aromatic heterocycles. The van der Waals surface area contributed by atoms with Gasteiger partial charge in [0.15, 0.2) is 0 Å². The van der Waals surface area contributed by atoms with Gasteiger partial charge in [0.1, 0.15) is 0 Å². The van der Waals surface area contributed by atoms with Crippen molar-refractivity contribution in [3.05, 3.63) is 70.8 Å². The fourth-order valence-corrected chi connectivity index (χ4v) is 4.15. The van der Waals surface area contributed by atoms with Crippen molar-refractivity contribution >= 4 is 11.8 Å². The molecule has 1 aliphatic carbocycles. The lowest BCUT2D eigenvalue weighted by molar-refractivity contribution is 0.0523. The molecule has 0 spiro atoms. The molecule has 26 heavy (non-hydrogen) atoms. The van der Waals surface area contributed by atoms with E-state index in [9.17, 15) is 14.7 Å². The summed E-state index contributed by atoms with van der Waals surface area (Å²) in [6.45, 7) is 0.0790. The summed E-state index contributed by atoms with van der Waals surface area (Å²) in [5.74, 6) is -0.0331. The molecule has 0 saturated carbocycles. The minimum Gasteiger partial charge on any atom is -0.391 e. The summed E-state index contributed by atoms with van der Waals surface area (Å²) in [6.07, 6.45) is 4.13. The van der Waals surface area contributed by atoms with E-state index in [4.69, 9.17) is 0 Å². The monoisotopic (exact) mass is 349 g/mol. The smallest absolute Gasteiger partial charge is 0.261 e. The first-order valence-electron chi connectivity index (χ1n) is 9.33. The maximum Gasteiger partial charge on any atom is 0.261 e. The largest absolute Gasteiger partial charge is 0.391 e. The number of carbonyl (C=O) groups excluding carboxylic acids is 2. The Morgan fingerprint density at radius 3 is 2.27 bits per heavy atom. The average Bonchev–Trinajstić information content (AvgIpc) is 2.91. The number of rotatable bonds is 5. The number of aliphatic hydroxyl groups is 1. The van der Waals surface area contributed by atoms with Crippen LogP contribution in [-0.4, -0.2) is 34.5 Å². The van der Waals surface area contributed by atoms with E-state index in [0.717, 1.165) is 25.7 Å². The number of fused-ring (bicyclic) bond motifs is 2. The molecule has 4 rings (SSSR count). The fraction of sp³-hybridized carbons (Fsp3) is 0.364. The average molecular weight is 349 g/mol. The maximum atomic E-state index is 12.4. The molecule has 2 aromatic rings. The molecule has 1 N–H and O–H groups in total. The summed E-state index contributed by atoms with van der Waals surface area (Å²) in [6, 6.07) is 15.4. The molecule has 2 aliphatic rings. The number of β-amino-alcohol motifs (C(OH)–C–C–N with tert-alkyl or cyclic N) is 1. The van der Waals surface area contributed by atoms with E-state index in [1.54, 1.807) is 24.3 Å². The van der Waals surface area contributed by atoms with E-state index in [0.29, 0.717) is 23.5 Å². The highest BCUT2D eigenvalue weighted by Gasteiger charge is 2.36. The lowest BCUT2D eigenvalue weighted by atomic mass is 9.81. The van der Waals surface area contributed by atoms with Crippen LogP contribution in [0.15, 0.2) is 48.5 Å². The van der Waals surface area contributed by atoms with E-state index in [-0.39, 0.29) is 18.4 Å². The Bertz CT molecular complexity index is 810. The zero-order valence-corrected chi connectivity index (χ0v) is 14.7. The number of hydrogen-bond donors (Lipinski definition) is 1. The van der Waals surface area contributed by atoms with Crippen LogP contribution in [0.2, 0.25) is 0 Å². The van der Waals surface area contributed by atoms with Crippen molar-refractivity contribution < 1.29 is 14.7 Å². The van der Waals surface area contributed by atoms with Crippen LogP contribution in [0.25, 0.3) is 0 Å². The maximum absolute atomic E-state index is 12.4. The Labute approximate surface area is 153 Å². The van der Waals surface area contributed by atoms with E-state index < -0.39 is 6.10 Å². The second kappa shape index (κ2) is 7.04. The van der Waals surface area contributed by atoms with Gasteiger partial charge in [-0.15, -0.1) is 0 Å². The minimum absolute atomic E-state index is 0.0790. The number of aryl methyl sites for hydroxylation is 1. The highest BCUT2D eigenvalue weighted by molar-refractivity contribution is 6.21. The molecule has 2 unspecified atom stereocenters. The summed E-state index contributed by atoms with van der Waals surface area (Å²) < 4.78 is 0. The Morgan fingerprint density at radius 2 is 1.58 bits per heavy atom. The third-order valence-corrected chi connectivity index (χ3v) is 5.63. The molecule has 0 saturated heterocycles. The topological polar surface area (TPSA) is 57.6 Å². The van der Waals surface area contributed by atoms with Crippen molar-refractivity contribution in [3.63, 3.8) is 0 Å². The molecule has 4 nitrogen and oxygen atoms in total. The van der Waals surface area contributed by atoms with Gasteiger partial charge >= 0.3 is 0 Å². The van der Waals surface area contributed by atoms with Crippen LogP contribution >= 0.6 is 0 Å². The van der Waals surface area contributed by atoms with Gasteiger partial charge in [0.25, 0.3) is 11.8 Å². The third-order valence-electron chi connectivity index (χ3n) is 5.63. The molecule has 1 aliphatic heterocycles. The number of amides is 2. The number of nitrogens with zero attached hydrogens (tertiary/aromatic N) is 1. The first-order valence-corrected chi connectivity index (χ1v) is 9.33. The highest BCUT2D eigenvalue weighted by Crippen LogP contribution is 2.29. The van der Waals surface area contributed by atoms with Crippen LogP contribution in [0.4, 0.5) is 0 Å². The lowest BCUT2D eigenvalue weighted by Gasteiger charge is -2.26. The standard InChI is InChI=1S/C22H23NO3/c24-18(12-10-15-9-11-16-5-1-2-6-17(16)13-15)14-23-21(25)19-7-3-4-8-20(19)22(23)26/h1-8,15,18,24H,9-14H2. The molecule has 4 heteroatoms. The second-order valence-electron chi connectivity index (χ2n) is 7.38. The van der Waals surface area contributed by atoms with Crippen LogP contribution in [0, 0.1) is 5.92 Å². The predicted octanol–water partition coefficient (Wildman–Crippen LogP) is 3.23. The number of imide groups is 1. The molecule has 2 amide bonds. The molecule has 1 heterocycles. The first-order chi connectivity index (χ1) is 12.6. The van der Waals surface area contributed by atoms with Gasteiger partial charge in [0, 0.05) is 0 Å². The third kappa shape index (κ3) is 3.17. The number of carbonyl (C=O) groups is 2. The fourth-order valence-electron chi connectivity index (χ4n) is 4.15. The zero-order chi connectivity index (χ0) is 18.1. The Morgan fingerprint density at radius 1 is 0.962 bits per heavy atom. The molecule has 0 bridgehead atoms. The van der Waals surface area contributed by atoms with Crippen molar-refractivity contribution in [2.45, 2.75) is 38.2 Å². The Hall–Kier alpha value is -2.46. The van der Waals surface area contributed by atoms with Crippen molar-refractivity contribution in [2.75, 3.05) is 6.54 Å². The van der Waals surface area contributed by atoms with Gasteiger partial charge in [-0.25, -0.2) is 0 Å². The summed E-state index contributed by atoms with van der Waals surface area (Å²) in [5, 5.41) is 10.4. The predicted molar refractivity (Wildman–Crippen MR) is 99.0 cm³/mol. The first kappa shape index (κ1) is 17.0. The molecule has 134 valence electrons. The molecule has 2 aromatic carbocycles. The molecular weight excluding hydrogens is 326 g/mol. The quantitative estimate of drug-likeness (QED) is 0.843. The van der Waals surface area contributed by atoms with Crippen molar-refractivity contribution in [3.8, 4) is 0 Å². The summed E-state index contributed by atoms with van der Waals surface area (Å²) in [5.41, 5.74) is 3.73. The Balaban J connectivity index is 1.32. The van der Waals surface area contributed by atoms with Gasteiger partial charge in [-0.05, 0) is 61.3 Å². The normalized spacial score (nSPS) is 20.0. The summed E-state index contributed by atoms with van der Waals surface area (Å²) in [4.78, 5) is 25.9. The number of benzene rings is 2. The van der Waals surface area contributed by atoms with E-state index in [1.165, 1.54) is 16.0 Å². The minimum atomic E-state index is -0.672. The molecular formula is C22H23NO3. The van der Waals surface area contributed by atoms with Gasteiger partial charge in [0.05, 0.1) is 23.8 Å². The number of hydrogen-bond acceptors (Lipinski definition) is 3. The van der Waals surface area contributed by atoms with E-state index >= 15 is 0 Å². The Kier molecular flexibility index (Phi) is 4.60. The van der Waals surface area contributed by atoms with Crippen LogP contribution in [-0.2, 0) is 12.8 Å². The van der Waals surface area contributed by atoms with Crippen molar-refractivity contribution in [1.82, 2.24) is 4.90 Å². The van der Waals surface area contributed by atoms with Gasteiger partial charge in [-0.3, -0.25) is 14.5 Å². The van der Waals surface area contributed by atoms with Gasteiger partial charge in [-0.2, -0.15) is 0 Å². The lowest BCUT2D eigenvalue weighted by Crippen LogP contribution is -2.37. The van der Waals surface area contributed by atoms with Gasteiger partial charge in [0.2, 0.25) is 0 Å². The second-order valence-corrected chi connectivity index (χ2v) is 7.38. The van der Waals surface area contributed by atoms with Gasteiger partial charge in [-0.1, -0.05) is 36.4 Å². The van der Waals surface area contributed by atoms with Crippen LogP contribution in [0.3, 0.4) is 0 Å². The number of aliphatic hydroxyl groups excluding tert-OH is 1. The van der Waals surface area contributed by atoms with Crippen LogP contribution in [0.1, 0.15) is 51.1 Å². The molecule has 0 fully saturated rings.